The second kappa shape index (κ2) is 4.06. The summed E-state index contributed by atoms with van der Waals surface area (Å²) in [5, 5.41) is 0.944. The Morgan fingerprint density at radius 1 is 1.00 bits per heavy atom. The molecule has 0 N–H and O–H groups in total. The first kappa shape index (κ1) is 10.2. The number of fused-ring (bicyclic) bond motifs is 1. The molecule has 0 bridgehead atoms. The third-order valence-corrected chi connectivity index (χ3v) is 2.63. The van der Waals surface area contributed by atoms with E-state index in [0.29, 0.717) is 0 Å². The maximum atomic E-state index is 5.26. The molecule has 0 atom stereocenters. The number of halogens is 1. The number of methoxy groups -OCH3 is 2. The molecule has 0 spiro atoms. The van der Waals surface area contributed by atoms with Gasteiger partial charge in [0.15, 0.2) is 0 Å². The van der Waals surface area contributed by atoms with Crippen LogP contribution in [0.25, 0.3) is 10.9 Å². The Labute approximate surface area is 96.2 Å². The topological polar surface area (TPSA) is 31.4 Å². The molecule has 0 unspecified atom stereocenters. The Morgan fingerprint density at radius 2 is 1.67 bits per heavy atom. The summed E-state index contributed by atoms with van der Waals surface area (Å²) in [5.74, 6) is 1.54. The van der Waals surface area contributed by atoms with Crippen molar-refractivity contribution >= 4 is 26.8 Å². The Morgan fingerprint density at radius 3 is 2.33 bits per heavy atom. The van der Waals surface area contributed by atoms with E-state index in [4.69, 9.17) is 9.47 Å². The summed E-state index contributed by atoms with van der Waals surface area (Å²) < 4.78 is 11.3. The molecule has 1 aromatic carbocycles. The summed E-state index contributed by atoms with van der Waals surface area (Å²) in [6, 6.07) is 7.55. The lowest BCUT2D eigenvalue weighted by Gasteiger charge is -2.08. The van der Waals surface area contributed by atoms with E-state index in [9.17, 15) is 0 Å². The Kier molecular flexibility index (Phi) is 2.77. The first-order valence-corrected chi connectivity index (χ1v) is 5.23. The molecule has 1 aromatic heterocycles. The Bertz CT molecular complexity index is 499. The molecule has 0 amide bonds. The number of rotatable bonds is 2. The fraction of sp³-hybridized carbons (Fsp3) is 0.182. The molecular formula is C11H10BrNO2. The zero-order chi connectivity index (χ0) is 10.8. The van der Waals surface area contributed by atoms with Crippen LogP contribution in [0.2, 0.25) is 0 Å². The van der Waals surface area contributed by atoms with Gasteiger partial charge >= 0.3 is 0 Å². The molecule has 3 nitrogen and oxygen atoms in total. The second-order valence-corrected chi connectivity index (χ2v) is 3.81. The molecule has 0 saturated heterocycles. The average Bonchev–Trinajstić information content (AvgIpc) is 2.27. The fourth-order valence-electron chi connectivity index (χ4n) is 1.48. The van der Waals surface area contributed by atoms with Gasteiger partial charge in [-0.15, -0.1) is 0 Å². The van der Waals surface area contributed by atoms with E-state index in [0.717, 1.165) is 27.0 Å². The van der Waals surface area contributed by atoms with Gasteiger partial charge in [0, 0.05) is 5.39 Å². The van der Waals surface area contributed by atoms with Crippen LogP contribution in [-0.4, -0.2) is 19.2 Å². The molecule has 0 aliphatic heterocycles. The zero-order valence-corrected chi connectivity index (χ0v) is 10.0. The van der Waals surface area contributed by atoms with Gasteiger partial charge in [0.2, 0.25) is 0 Å². The summed E-state index contributed by atoms with van der Waals surface area (Å²) in [7, 11) is 3.27. The van der Waals surface area contributed by atoms with E-state index in [1.54, 1.807) is 14.2 Å². The lowest BCUT2D eigenvalue weighted by Crippen LogP contribution is -1.91. The molecule has 0 saturated carbocycles. The largest absolute Gasteiger partial charge is 0.496 e. The van der Waals surface area contributed by atoms with Crippen LogP contribution in [-0.2, 0) is 0 Å². The van der Waals surface area contributed by atoms with E-state index in [1.807, 2.05) is 24.3 Å². The van der Waals surface area contributed by atoms with Crippen LogP contribution in [0, 0.1) is 0 Å². The van der Waals surface area contributed by atoms with Gasteiger partial charge in [-0.3, -0.25) is 0 Å². The highest BCUT2D eigenvalue weighted by molar-refractivity contribution is 9.10. The van der Waals surface area contributed by atoms with Crippen molar-refractivity contribution in [2.24, 2.45) is 0 Å². The molecule has 0 fully saturated rings. The van der Waals surface area contributed by atoms with Crippen LogP contribution >= 0.6 is 15.9 Å². The molecule has 0 aliphatic rings. The quantitative estimate of drug-likeness (QED) is 0.784. The summed E-state index contributed by atoms with van der Waals surface area (Å²) in [4.78, 5) is 4.37. The third-order valence-electron chi connectivity index (χ3n) is 2.19. The van der Waals surface area contributed by atoms with Gasteiger partial charge in [-0.25, -0.2) is 4.98 Å². The lowest BCUT2D eigenvalue weighted by atomic mass is 10.2. The lowest BCUT2D eigenvalue weighted by molar-refractivity contribution is 0.409. The number of ether oxygens (including phenoxy) is 2. The SMILES string of the molecule is COc1ccc(OC)c2nc(Br)ccc12. The molecule has 2 aromatic rings. The molecule has 15 heavy (non-hydrogen) atoms. The van der Waals surface area contributed by atoms with Gasteiger partial charge in [-0.2, -0.15) is 0 Å². The molecule has 4 heteroatoms. The number of hydrogen-bond acceptors (Lipinski definition) is 3. The van der Waals surface area contributed by atoms with Gasteiger partial charge in [0.05, 0.1) is 14.2 Å². The van der Waals surface area contributed by atoms with Gasteiger partial charge in [-0.05, 0) is 40.2 Å². The minimum atomic E-state index is 0.743. The molecular weight excluding hydrogens is 258 g/mol. The third kappa shape index (κ3) is 1.77. The van der Waals surface area contributed by atoms with Crippen molar-refractivity contribution < 1.29 is 9.47 Å². The van der Waals surface area contributed by atoms with Gasteiger partial charge < -0.3 is 9.47 Å². The van der Waals surface area contributed by atoms with Crippen LogP contribution in [0.3, 0.4) is 0 Å². The van der Waals surface area contributed by atoms with Crippen molar-refractivity contribution in [3.63, 3.8) is 0 Å². The summed E-state index contributed by atoms with van der Waals surface area (Å²) in [5.41, 5.74) is 0.797. The van der Waals surface area contributed by atoms with E-state index in [2.05, 4.69) is 20.9 Å². The van der Waals surface area contributed by atoms with Crippen LogP contribution in [0.5, 0.6) is 11.5 Å². The second-order valence-electron chi connectivity index (χ2n) is 3.00. The summed E-state index contributed by atoms with van der Waals surface area (Å²) in [6.45, 7) is 0. The van der Waals surface area contributed by atoms with Crippen molar-refractivity contribution in [1.82, 2.24) is 4.98 Å². The van der Waals surface area contributed by atoms with Gasteiger partial charge in [0.1, 0.15) is 21.6 Å². The molecule has 0 radical (unpaired) electrons. The minimum Gasteiger partial charge on any atom is -0.496 e. The van der Waals surface area contributed by atoms with Crippen molar-refractivity contribution in [2.75, 3.05) is 14.2 Å². The van der Waals surface area contributed by atoms with Crippen molar-refractivity contribution in [3.8, 4) is 11.5 Å². The molecule has 0 aliphatic carbocycles. The first-order valence-electron chi connectivity index (χ1n) is 4.43. The molecule has 1 heterocycles. The molecule has 78 valence electrons. The number of benzene rings is 1. The molecule has 2 rings (SSSR count). The van der Waals surface area contributed by atoms with Crippen molar-refractivity contribution in [2.45, 2.75) is 0 Å². The average molecular weight is 268 g/mol. The van der Waals surface area contributed by atoms with Gasteiger partial charge in [0.25, 0.3) is 0 Å². The van der Waals surface area contributed by atoms with Crippen LogP contribution in [0.1, 0.15) is 0 Å². The standard InChI is InChI=1S/C11H10BrNO2/c1-14-8-4-5-9(15-2)11-7(8)3-6-10(12)13-11/h3-6H,1-2H3. The summed E-state index contributed by atoms with van der Waals surface area (Å²) in [6.07, 6.45) is 0. The van der Waals surface area contributed by atoms with Gasteiger partial charge in [-0.1, -0.05) is 0 Å². The van der Waals surface area contributed by atoms with Crippen LogP contribution < -0.4 is 9.47 Å². The van der Waals surface area contributed by atoms with E-state index in [-0.39, 0.29) is 0 Å². The zero-order valence-electron chi connectivity index (χ0n) is 8.45. The summed E-state index contributed by atoms with van der Waals surface area (Å²) >= 11 is 3.33. The highest BCUT2D eigenvalue weighted by Gasteiger charge is 2.08. The predicted octanol–water partition coefficient (Wildman–Crippen LogP) is 3.01. The maximum Gasteiger partial charge on any atom is 0.145 e. The van der Waals surface area contributed by atoms with E-state index in [1.165, 1.54) is 0 Å². The van der Waals surface area contributed by atoms with E-state index >= 15 is 0 Å². The van der Waals surface area contributed by atoms with E-state index < -0.39 is 0 Å². The highest BCUT2D eigenvalue weighted by Crippen LogP contribution is 2.32. The number of pyridine rings is 1. The smallest absolute Gasteiger partial charge is 0.145 e. The Balaban J connectivity index is 2.80. The first-order chi connectivity index (χ1) is 7.26. The maximum absolute atomic E-state index is 5.26. The van der Waals surface area contributed by atoms with Crippen molar-refractivity contribution in [3.05, 3.63) is 28.9 Å². The minimum absolute atomic E-state index is 0.743. The number of nitrogens with zero attached hydrogens (tertiary/aromatic N) is 1. The highest BCUT2D eigenvalue weighted by atomic mass is 79.9. The van der Waals surface area contributed by atoms with Crippen molar-refractivity contribution in [1.29, 1.82) is 0 Å². The number of aromatic nitrogens is 1. The van der Waals surface area contributed by atoms with Crippen LogP contribution in [0.15, 0.2) is 28.9 Å². The normalized spacial score (nSPS) is 10.3. The monoisotopic (exact) mass is 267 g/mol. The Hall–Kier alpha value is -1.29. The van der Waals surface area contributed by atoms with Crippen LogP contribution in [0.4, 0.5) is 0 Å². The fourth-order valence-corrected chi connectivity index (χ4v) is 1.79. The number of hydrogen-bond donors (Lipinski definition) is 0. The predicted molar refractivity (Wildman–Crippen MR) is 62.5 cm³/mol.